The van der Waals surface area contributed by atoms with Gasteiger partial charge in [-0.05, 0) is 134 Å². The summed E-state index contributed by atoms with van der Waals surface area (Å²) < 4.78 is 3.01. The molecule has 0 fully saturated rings. The predicted molar refractivity (Wildman–Crippen MR) is 329 cm³/mol. The molecule has 4 aromatic heterocycles. The summed E-state index contributed by atoms with van der Waals surface area (Å²) in [7, 11) is 0. The molecule has 6 heterocycles. The van der Waals surface area contributed by atoms with Crippen LogP contribution in [-0.2, 0) is 22.4 Å². The summed E-state index contributed by atoms with van der Waals surface area (Å²) in [5.41, 5.74) is 6.45. The molecule has 1 aromatic carbocycles. The van der Waals surface area contributed by atoms with E-state index in [1.807, 2.05) is 22.7 Å². The minimum atomic E-state index is 0.0974. The van der Waals surface area contributed by atoms with Crippen LogP contribution in [-0.4, -0.2) is 34.7 Å². The minimum Gasteiger partial charge on any atom is -0.305 e. The van der Waals surface area contributed by atoms with Gasteiger partial charge in [0.15, 0.2) is 0 Å². The monoisotopic (exact) mass is 1080 g/mol. The Morgan fingerprint density at radius 3 is 1.28 bits per heavy atom. The molecule has 4 unspecified atom stereocenters. The van der Waals surface area contributed by atoms with E-state index in [0.717, 1.165) is 96.5 Å². The van der Waals surface area contributed by atoms with Gasteiger partial charge in [-0.25, -0.2) is 0 Å². The molecule has 5 aromatic rings. The highest BCUT2D eigenvalue weighted by atomic mass is 32.1. The summed E-state index contributed by atoms with van der Waals surface area (Å²) in [4.78, 5) is 42.9. The first kappa shape index (κ1) is 58.6. The normalized spacial score (nSPS) is 15.8. The van der Waals surface area contributed by atoms with Crippen molar-refractivity contribution in [2.75, 3.05) is 13.1 Å². The lowest BCUT2D eigenvalue weighted by molar-refractivity contribution is -0.123. The number of rotatable bonds is 35. The number of hydrogen-bond acceptors (Lipinski definition) is 6. The van der Waals surface area contributed by atoms with Crippen LogP contribution in [0.25, 0.3) is 41.1 Å². The first-order chi connectivity index (χ1) is 36.0. The zero-order chi connectivity index (χ0) is 52.7. The molecule has 0 bridgehead atoms. The summed E-state index contributed by atoms with van der Waals surface area (Å²) in [6.45, 7) is 24.4. The average Bonchev–Trinajstić information content (AvgIpc) is 4.28. The zero-order valence-corrected chi connectivity index (χ0v) is 51.2. The fraction of sp³-hybridized carbons (Fsp3) is 0.636. The molecule has 406 valence electrons. The molecule has 8 heteroatoms. The topological polar surface area (TPSA) is 40.6 Å². The molecule has 7 rings (SSSR count). The Balaban J connectivity index is 1.40. The first-order valence-electron chi connectivity index (χ1n) is 30.3. The number of carbonyl (C=O) groups is 2. The van der Waals surface area contributed by atoms with Crippen LogP contribution >= 0.6 is 45.3 Å². The van der Waals surface area contributed by atoms with Crippen LogP contribution in [0.3, 0.4) is 0 Å². The van der Waals surface area contributed by atoms with Crippen molar-refractivity contribution in [2.45, 2.75) is 236 Å². The Morgan fingerprint density at radius 2 is 0.824 bits per heavy atom. The molecule has 2 amide bonds. The van der Waals surface area contributed by atoms with Crippen LogP contribution in [0.1, 0.15) is 240 Å². The smallest absolute Gasteiger partial charge is 0.262 e. The van der Waals surface area contributed by atoms with Crippen LogP contribution in [0.2, 0.25) is 0 Å². The molecule has 0 spiro atoms. The lowest BCUT2D eigenvalue weighted by Crippen LogP contribution is -2.32. The fourth-order valence-electron chi connectivity index (χ4n) is 12.3. The van der Waals surface area contributed by atoms with Crippen LogP contribution in [0, 0.1) is 37.5 Å². The van der Waals surface area contributed by atoms with E-state index in [2.05, 4.69) is 115 Å². The number of nitrogens with zero attached hydrogens (tertiary/aromatic N) is 2. The van der Waals surface area contributed by atoms with Crippen LogP contribution < -0.4 is 0 Å². The van der Waals surface area contributed by atoms with E-state index in [9.17, 15) is 0 Å². The maximum Gasteiger partial charge on any atom is 0.262 e. The molecular weight excluding hydrogens is 981 g/mol. The van der Waals surface area contributed by atoms with Gasteiger partial charge in [-0.15, -0.1) is 45.3 Å². The summed E-state index contributed by atoms with van der Waals surface area (Å²) >= 11 is 7.53. The Kier molecular flexibility index (Phi) is 23.0. The maximum absolute atomic E-state index is 15.9. The molecular formula is C66H96N2O2S4. The van der Waals surface area contributed by atoms with Gasteiger partial charge in [-0.3, -0.25) is 9.59 Å². The second kappa shape index (κ2) is 29.1. The molecule has 2 aliphatic heterocycles. The third-order valence-corrected chi connectivity index (χ3v) is 21.5. The second-order valence-corrected chi connectivity index (χ2v) is 27.4. The van der Waals surface area contributed by atoms with Crippen molar-refractivity contribution < 1.29 is 9.59 Å². The van der Waals surface area contributed by atoms with E-state index in [4.69, 9.17) is 0 Å². The lowest BCUT2D eigenvalue weighted by Gasteiger charge is -2.27. The molecule has 4 nitrogen and oxygen atoms in total. The van der Waals surface area contributed by atoms with Gasteiger partial charge >= 0.3 is 0 Å². The Labute approximate surface area is 465 Å². The van der Waals surface area contributed by atoms with E-state index in [1.54, 1.807) is 33.8 Å². The van der Waals surface area contributed by atoms with E-state index in [1.165, 1.54) is 142 Å². The summed E-state index contributed by atoms with van der Waals surface area (Å²) in [6.07, 6.45) is 31.2. The number of unbranched alkanes of at least 4 members (excludes halogenated alkanes) is 10. The zero-order valence-electron chi connectivity index (χ0n) is 47.9. The molecule has 0 N–H and O–H groups in total. The quantitative estimate of drug-likeness (QED) is 0.0379. The number of hydrogen-bond donors (Lipinski definition) is 0. The summed E-state index contributed by atoms with van der Waals surface area (Å²) in [6, 6.07) is 14.0. The van der Waals surface area contributed by atoms with Crippen LogP contribution in [0.4, 0.5) is 0 Å². The summed E-state index contributed by atoms with van der Waals surface area (Å²) in [5, 5.41) is 2.98. The average molecular weight is 1080 g/mol. The maximum atomic E-state index is 15.9. The van der Waals surface area contributed by atoms with Gasteiger partial charge in [-0.1, -0.05) is 184 Å². The lowest BCUT2D eigenvalue weighted by atomic mass is 9.86. The van der Waals surface area contributed by atoms with Gasteiger partial charge in [0.25, 0.3) is 11.8 Å². The fourth-order valence-corrected chi connectivity index (χ4v) is 16.7. The Morgan fingerprint density at radius 1 is 0.405 bits per heavy atom. The number of thiophene rings is 4. The second-order valence-electron chi connectivity index (χ2n) is 22.7. The molecule has 0 saturated carbocycles. The highest BCUT2D eigenvalue weighted by molar-refractivity contribution is 7.27. The van der Waals surface area contributed by atoms with Gasteiger partial charge in [0, 0.05) is 51.8 Å². The van der Waals surface area contributed by atoms with Gasteiger partial charge in [0.05, 0.1) is 22.5 Å². The van der Waals surface area contributed by atoms with Gasteiger partial charge in [0.2, 0.25) is 0 Å². The minimum absolute atomic E-state index is 0.0974. The highest BCUT2D eigenvalue weighted by Gasteiger charge is 2.50. The van der Waals surface area contributed by atoms with Crippen molar-refractivity contribution in [1.29, 1.82) is 0 Å². The molecule has 0 saturated heterocycles. The first-order valence-corrected chi connectivity index (χ1v) is 33.6. The molecule has 74 heavy (non-hydrogen) atoms. The third kappa shape index (κ3) is 14.0. The van der Waals surface area contributed by atoms with Crippen molar-refractivity contribution in [2.24, 2.45) is 23.7 Å². The van der Waals surface area contributed by atoms with Gasteiger partial charge in [-0.2, -0.15) is 0 Å². The molecule has 0 aliphatic carbocycles. The van der Waals surface area contributed by atoms with Crippen molar-refractivity contribution in [3.63, 3.8) is 0 Å². The van der Waals surface area contributed by atoms with E-state index < -0.39 is 0 Å². The van der Waals surface area contributed by atoms with E-state index >= 15 is 9.59 Å². The van der Waals surface area contributed by atoms with Gasteiger partial charge < -0.3 is 9.80 Å². The Bertz CT molecular complexity index is 2580. The van der Waals surface area contributed by atoms with Crippen molar-refractivity contribution in [3.05, 3.63) is 78.4 Å². The third-order valence-electron chi connectivity index (χ3n) is 16.8. The number of benzene rings is 1. The molecule has 4 atom stereocenters. The van der Waals surface area contributed by atoms with Crippen LogP contribution in [0.15, 0.2) is 47.8 Å². The van der Waals surface area contributed by atoms with Crippen molar-refractivity contribution >= 4 is 88.5 Å². The Hall–Kier alpha value is -3.04. The highest BCUT2D eigenvalue weighted by Crippen LogP contribution is 2.52. The number of fused-ring (bicyclic) bond motifs is 3. The largest absolute Gasteiger partial charge is 0.305 e. The molecule has 2 aliphatic rings. The summed E-state index contributed by atoms with van der Waals surface area (Å²) in [5.74, 6) is 2.31. The number of aryl methyl sites for hydroxylation is 2. The van der Waals surface area contributed by atoms with E-state index in [0.29, 0.717) is 36.8 Å². The predicted octanol–water partition coefficient (Wildman–Crippen LogP) is 21.4. The van der Waals surface area contributed by atoms with E-state index in [-0.39, 0.29) is 11.8 Å². The molecule has 0 radical (unpaired) electrons. The SMILES string of the molecule is CCCCCCC(CCCC)CN1C(=O)C(c2ccc(-c3cc4c(CC(CC)CCCC)c5sc(C)cc5c(CC(CC)CCCC)c4s3)s2)=C2C1=C(c1ccc(C)s1)C(=O)N2CC(CCCC)CCCCCC. The standard InChI is InChI=1S/C66H96N2O2S4/c1-11-19-25-27-33-49(31-23-15-5)43-67-61-59(56-36-35-45(9)71-56)65(69)68(44-50(32-24-16-6)34-28-26-20-12-2)62(61)60(66(67)70)57-38-37-55(73-57)58-42-54-53(41-48(18-8)30-22-14-4)63-51(39-46(10)72-63)52(64(54)74-58)40-47(17-7)29-21-13-3/h35-39,42,47-50H,11-34,40-41,43-44H2,1-10H3. The van der Waals surface area contributed by atoms with Crippen molar-refractivity contribution in [3.8, 4) is 9.75 Å². The number of amides is 2. The van der Waals surface area contributed by atoms with Crippen LogP contribution in [0.5, 0.6) is 0 Å². The van der Waals surface area contributed by atoms with Crippen molar-refractivity contribution in [1.82, 2.24) is 9.80 Å². The van der Waals surface area contributed by atoms with Gasteiger partial charge in [0.1, 0.15) is 0 Å². The number of carbonyl (C=O) groups excluding carboxylic acids is 2.